The molecule has 0 bridgehead atoms. The zero-order valence-electron chi connectivity index (χ0n) is 14.2. The molecular weight excluding hydrogens is 402 g/mol. The molecule has 0 radical (unpaired) electrons. The lowest BCUT2D eigenvalue weighted by atomic mass is 10.1. The summed E-state index contributed by atoms with van der Waals surface area (Å²) in [5, 5.41) is 15.7. The summed E-state index contributed by atoms with van der Waals surface area (Å²) in [7, 11) is 0. The van der Waals surface area contributed by atoms with Crippen molar-refractivity contribution in [3.05, 3.63) is 68.0 Å². The van der Waals surface area contributed by atoms with E-state index in [1.807, 2.05) is 11.4 Å². The van der Waals surface area contributed by atoms with Crippen molar-refractivity contribution >= 4 is 51.3 Å². The summed E-state index contributed by atoms with van der Waals surface area (Å²) in [6.07, 6.45) is -0.0132. The molecule has 0 aliphatic carbocycles. The van der Waals surface area contributed by atoms with Crippen LogP contribution >= 0.6 is 22.9 Å². The van der Waals surface area contributed by atoms with Crippen LogP contribution in [0.1, 0.15) is 5.56 Å². The summed E-state index contributed by atoms with van der Waals surface area (Å²) >= 11 is 7.28. The molecule has 0 atom stereocenters. The number of imidazole rings is 1. The van der Waals surface area contributed by atoms with Gasteiger partial charge in [-0.2, -0.15) is 0 Å². The summed E-state index contributed by atoms with van der Waals surface area (Å²) in [5.41, 5.74) is 4.88. The summed E-state index contributed by atoms with van der Waals surface area (Å²) in [6.45, 7) is 0. The lowest BCUT2D eigenvalue weighted by Gasteiger charge is -2.06. The fourth-order valence-electron chi connectivity index (χ4n) is 2.73. The number of H-pyrrole nitrogens is 1. The quantitative estimate of drug-likeness (QED) is 0.371. The van der Waals surface area contributed by atoms with Crippen LogP contribution < -0.4 is 5.32 Å². The average molecular weight is 414 g/mol. The Morgan fingerprint density at radius 3 is 2.89 bits per heavy atom. The Bertz CT molecular complexity index is 1190. The highest BCUT2D eigenvalue weighted by atomic mass is 35.5. The topological polar surface area (TPSA) is 114 Å². The van der Waals surface area contributed by atoms with Crippen molar-refractivity contribution in [2.75, 3.05) is 5.32 Å². The van der Waals surface area contributed by atoms with Gasteiger partial charge in [0.2, 0.25) is 5.91 Å². The predicted molar refractivity (Wildman–Crippen MR) is 108 cm³/mol. The van der Waals surface area contributed by atoms with Gasteiger partial charge in [-0.15, -0.1) is 11.3 Å². The number of aromatic nitrogens is 3. The summed E-state index contributed by atoms with van der Waals surface area (Å²) in [4.78, 5) is 34.6. The van der Waals surface area contributed by atoms with Gasteiger partial charge in [0.25, 0.3) is 5.69 Å². The summed E-state index contributed by atoms with van der Waals surface area (Å²) < 4.78 is 0. The second-order valence-electron chi connectivity index (χ2n) is 5.96. The van der Waals surface area contributed by atoms with Crippen molar-refractivity contribution in [2.24, 2.45) is 0 Å². The number of nitrogens with zero attached hydrogens (tertiary/aromatic N) is 3. The lowest BCUT2D eigenvalue weighted by Crippen LogP contribution is -2.14. The SMILES string of the molecule is O=C(Cc1ccc(Cl)c([N+](=O)[O-])c1)Nc1ccc2[nH]c(-c3cscn3)nc2c1. The van der Waals surface area contributed by atoms with E-state index in [4.69, 9.17) is 11.6 Å². The summed E-state index contributed by atoms with van der Waals surface area (Å²) in [6, 6.07) is 9.64. The average Bonchev–Trinajstić information content (AvgIpc) is 3.31. The first-order valence-electron chi connectivity index (χ1n) is 8.10. The minimum Gasteiger partial charge on any atom is -0.337 e. The number of fused-ring (bicyclic) bond motifs is 1. The van der Waals surface area contributed by atoms with E-state index in [0.29, 0.717) is 22.6 Å². The maximum Gasteiger partial charge on any atom is 0.288 e. The van der Waals surface area contributed by atoms with Crippen molar-refractivity contribution in [2.45, 2.75) is 6.42 Å². The van der Waals surface area contributed by atoms with Gasteiger partial charge in [0, 0.05) is 17.1 Å². The molecule has 0 spiro atoms. The third-order valence-corrected chi connectivity index (χ3v) is 4.92. The van der Waals surface area contributed by atoms with Crippen LogP contribution in [0.2, 0.25) is 5.02 Å². The van der Waals surface area contributed by atoms with Crippen molar-refractivity contribution in [3.8, 4) is 11.5 Å². The standard InChI is InChI=1S/C18H12ClN5O3S/c19-12-3-1-10(5-16(12)24(26)27)6-17(25)21-11-2-4-13-14(7-11)23-18(22-13)15-8-28-9-20-15/h1-5,7-9H,6H2,(H,21,25)(H,22,23). The minimum absolute atomic E-state index is 0.0132. The third kappa shape index (κ3) is 3.71. The molecule has 2 aromatic heterocycles. The van der Waals surface area contributed by atoms with E-state index >= 15 is 0 Å². The van der Waals surface area contributed by atoms with Crippen LogP contribution in [0, 0.1) is 10.1 Å². The second-order valence-corrected chi connectivity index (χ2v) is 7.08. The highest BCUT2D eigenvalue weighted by Gasteiger charge is 2.15. The minimum atomic E-state index is -0.574. The van der Waals surface area contributed by atoms with Gasteiger partial charge in [-0.3, -0.25) is 14.9 Å². The number of rotatable bonds is 5. The molecule has 0 saturated carbocycles. The second kappa shape index (κ2) is 7.37. The lowest BCUT2D eigenvalue weighted by molar-refractivity contribution is -0.384. The first kappa shape index (κ1) is 18.1. The molecule has 0 saturated heterocycles. The fourth-order valence-corrected chi connectivity index (χ4v) is 3.46. The number of hydrogen-bond donors (Lipinski definition) is 2. The molecule has 2 aromatic carbocycles. The van der Waals surface area contributed by atoms with Crippen LogP contribution in [-0.4, -0.2) is 25.8 Å². The van der Waals surface area contributed by atoms with Crippen LogP contribution in [0.4, 0.5) is 11.4 Å². The highest BCUT2D eigenvalue weighted by molar-refractivity contribution is 7.07. The van der Waals surface area contributed by atoms with E-state index in [-0.39, 0.29) is 23.0 Å². The number of amides is 1. The molecule has 0 fully saturated rings. The van der Waals surface area contributed by atoms with Crippen LogP contribution in [0.3, 0.4) is 0 Å². The van der Waals surface area contributed by atoms with Gasteiger partial charge < -0.3 is 10.3 Å². The number of nitrogens with one attached hydrogen (secondary N) is 2. The Labute approximate surface area is 167 Å². The van der Waals surface area contributed by atoms with Gasteiger partial charge >= 0.3 is 0 Å². The summed E-state index contributed by atoms with van der Waals surface area (Å²) in [5.74, 6) is 0.361. The molecule has 2 N–H and O–H groups in total. The van der Waals surface area contributed by atoms with Crippen molar-refractivity contribution < 1.29 is 9.72 Å². The first-order chi connectivity index (χ1) is 13.5. The number of thiazole rings is 1. The first-order valence-corrected chi connectivity index (χ1v) is 9.42. The molecule has 10 heteroatoms. The van der Waals surface area contributed by atoms with Crippen molar-refractivity contribution in [3.63, 3.8) is 0 Å². The molecule has 0 aliphatic heterocycles. The molecule has 1 amide bonds. The van der Waals surface area contributed by atoms with E-state index in [1.54, 1.807) is 23.7 Å². The van der Waals surface area contributed by atoms with Crippen LogP contribution in [-0.2, 0) is 11.2 Å². The number of carbonyl (C=O) groups is 1. The number of hydrogen-bond acceptors (Lipinski definition) is 6. The Balaban J connectivity index is 1.51. The number of nitro groups is 1. The van der Waals surface area contributed by atoms with Crippen molar-refractivity contribution in [1.82, 2.24) is 15.0 Å². The molecule has 4 aromatic rings. The number of benzene rings is 2. The van der Waals surface area contributed by atoms with Gasteiger partial charge in [-0.25, -0.2) is 9.97 Å². The van der Waals surface area contributed by atoms with Gasteiger partial charge in [-0.05, 0) is 29.8 Å². The molecular formula is C18H12ClN5O3S. The van der Waals surface area contributed by atoms with E-state index in [1.165, 1.54) is 23.5 Å². The van der Waals surface area contributed by atoms with E-state index in [2.05, 4.69) is 20.3 Å². The van der Waals surface area contributed by atoms with Gasteiger partial charge in [0.15, 0.2) is 5.82 Å². The normalized spacial score (nSPS) is 10.9. The van der Waals surface area contributed by atoms with Crippen LogP contribution in [0.25, 0.3) is 22.6 Å². The van der Waals surface area contributed by atoms with Crippen molar-refractivity contribution in [1.29, 1.82) is 0 Å². The Kier molecular flexibility index (Phi) is 4.76. The van der Waals surface area contributed by atoms with Crippen LogP contribution in [0.5, 0.6) is 0 Å². The highest BCUT2D eigenvalue weighted by Crippen LogP contribution is 2.26. The van der Waals surface area contributed by atoms with Crippen LogP contribution in [0.15, 0.2) is 47.3 Å². The fraction of sp³-hybridized carbons (Fsp3) is 0.0556. The Morgan fingerprint density at radius 1 is 1.29 bits per heavy atom. The molecule has 140 valence electrons. The molecule has 4 rings (SSSR count). The number of carbonyl (C=O) groups excluding carboxylic acids is 1. The number of anilines is 1. The zero-order chi connectivity index (χ0) is 19.7. The third-order valence-electron chi connectivity index (χ3n) is 4.01. The Hall–Kier alpha value is -3.30. The number of aromatic amines is 1. The smallest absolute Gasteiger partial charge is 0.288 e. The number of nitro benzene ring substituents is 1. The number of halogens is 1. The zero-order valence-corrected chi connectivity index (χ0v) is 15.8. The van der Waals surface area contributed by atoms with Gasteiger partial charge in [0.05, 0.1) is 27.9 Å². The maximum absolute atomic E-state index is 12.3. The molecule has 0 aliphatic rings. The Morgan fingerprint density at radius 2 is 2.14 bits per heavy atom. The van der Waals surface area contributed by atoms with E-state index in [0.717, 1.165) is 11.2 Å². The maximum atomic E-state index is 12.3. The van der Waals surface area contributed by atoms with Gasteiger partial charge in [0.1, 0.15) is 10.7 Å². The monoisotopic (exact) mass is 413 g/mol. The van der Waals surface area contributed by atoms with E-state index in [9.17, 15) is 14.9 Å². The molecule has 28 heavy (non-hydrogen) atoms. The largest absolute Gasteiger partial charge is 0.337 e. The molecule has 8 nitrogen and oxygen atoms in total. The van der Waals surface area contributed by atoms with Gasteiger partial charge in [-0.1, -0.05) is 17.7 Å². The van der Waals surface area contributed by atoms with E-state index < -0.39 is 4.92 Å². The predicted octanol–water partition coefficient (Wildman–Crippen LogP) is 4.43. The molecule has 2 heterocycles. The molecule has 0 unspecified atom stereocenters.